The van der Waals surface area contributed by atoms with E-state index in [1.165, 1.54) is 0 Å². The molecule has 1 aliphatic rings. The van der Waals surface area contributed by atoms with Gasteiger partial charge in [0.1, 0.15) is 5.75 Å². The van der Waals surface area contributed by atoms with Gasteiger partial charge in [0.2, 0.25) is 0 Å². The number of methoxy groups -OCH3 is 1. The third-order valence-corrected chi connectivity index (χ3v) is 6.13. The molecule has 4 rings (SSSR count). The summed E-state index contributed by atoms with van der Waals surface area (Å²) in [6, 6.07) is 16.3. The number of hydrogen-bond donors (Lipinski definition) is 1. The molecule has 1 unspecified atom stereocenters. The number of nitrogens with zero attached hydrogens (tertiary/aromatic N) is 3. The molecule has 1 aliphatic heterocycles. The summed E-state index contributed by atoms with van der Waals surface area (Å²) in [7, 11) is 1.66. The van der Waals surface area contributed by atoms with Gasteiger partial charge in [-0.25, -0.2) is 9.78 Å². The lowest BCUT2D eigenvalue weighted by atomic mass is 10.1. The molecule has 33 heavy (non-hydrogen) atoms. The minimum absolute atomic E-state index is 0.00108. The van der Waals surface area contributed by atoms with Crippen LogP contribution in [-0.4, -0.2) is 49.2 Å². The first-order chi connectivity index (χ1) is 16.1. The average molecular weight is 449 g/mol. The van der Waals surface area contributed by atoms with Gasteiger partial charge in [0.25, 0.3) is 0 Å². The van der Waals surface area contributed by atoms with E-state index in [1.54, 1.807) is 13.3 Å². The molecule has 1 fully saturated rings. The Kier molecular flexibility index (Phi) is 7.17. The minimum Gasteiger partial charge on any atom is -0.496 e. The maximum absolute atomic E-state index is 13.0. The van der Waals surface area contributed by atoms with Crippen LogP contribution in [0.4, 0.5) is 10.5 Å². The zero-order valence-electron chi connectivity index (χ0n) is 19.6. The summed E-state index contributed by atoms with van der Waals surface area (Å²) in [5.41, 5.74) is 3.09. The van der Waals surface area contributed by atoms with Crippen molar-refractivity contribution >= 4 is 11.7 Å². The van der Waals surface area contributed by atoms with Gasteiger partial charge in [0.15, 0.2) is 11.7 Å². The van der Waals surface area contributed by atoms with Gasteiger partial charge in [-0.3, -0.25) is 0 Å². The van der Waals surface area contributed by atoms with Crippen LogP contribution in [0.15, 0.2) is 59.1 Å². The Labute approximate surface area is 195 Å². The van der Waals surface area contributed by atoms with E-state index in [1.807, 2.05) is 42.2 Å². The standard InChI is InChI=1S/C26H32N4O3/c1-4-23(20-9-6-5-7-10-20)28-26(31)30-14-8-13-29(15-16-30)21-11-12-22(24(17-21)32-3)25-18-27-19(2)33-25/h5-7,9-12,17-18,23H,4,8,13-16H2,1-3H3,(H,28,31). The molecular weight excluding hydrogens is 416 g/mol. The fraction of sp³-hybridized carbons (Fsp3) is 0.385. The molecular formula is C26H32N4O3. The number of aromatic nitrogens is 1. The zero-order valence-corrected chi connectivity index (χ0v) is 19.6. The second kappa shape index (κ2) is 10.4. The minimum atomic E-state index is 0.00108. The highest BCUT2D eigenvalue weighted by atomic mass is 16.5. The van der Waals surface area contributed by atoms with Gasteiger partial charge in [-0.15, -0.1) is 0 Å². The van der Waals surface area contributed by atoms with Gasteiger partial charge in [0.05, 0.1) is 24.9 Å². The van der Waals surface area contributed by atoms with Crippen molar-refractivity contribution in [2.75, 3.05) is 38.2 Å². The molecule has 2 aromatic carbocycles. The topological polar surface area (TPSA) is 70.8 Å². The number of carbonyl (C=O) groups excluding carboxylic acids is 1. The summed E-state index contributed by atoms with van der Waals surface area (Å²) >= 11 is 0. The van der Waals surface area contributed by atoms with Gasteiger partial charge in [0, 0.05) is 44.9 Å². The number of anilines is 1. The van der Waals surface area contributed by atoms with E-state index in [4.69, 9.17) is 9.15 Å². The van der Waals surface area contributed by atoms with E-state index < -0.39 is 0 Å². The van der Waals surface area contributed by atoms with Crippen LogP contribution in [0.1, 0.15) is 37.3 Å². The smallest absolute Gasteiger partial charge is 0.317 e. The van der Waals surface area contributed by atoms with E-state index in [0.717, 1.165) is 55.0 Å². The van der Waals surface area contributed by atoms with E-state index >= 15 is 0 Å². The van der Waals surface area contributed by atoms with Crippen molar-refractivity contribution in [1.82, 2.24) is 15.2 Å². The van der Waals surface area contributed by atoms with Gasteiger partial charge in [-0.05, 0) is 30.5 Å². The predicted molar refractivity (Wildman–Crippen MR) is 130 cm³/mol. The SMILES string of the molecule is CCC(NC(=O)N1CCCN(c2ccc(-c3cnc(C)o3)c(OC)c2)CC1)c1ccccc1. The number of rotatable bonds is 6. The molecule has 0 spiro atoms. The zero-order chi connectivity index (χ0) is 23.2. The summed E-state index contributed by atoms with van der Waals surface area (Å²) in [5.74, 6) is 2.06. The number of aryl methyl sites for hydroxylation is 1. The first-order valence-corrected chi connectivity index (χ1v) is 11.5. The van der Waals surface area contributed by atoms with E-state index in [0.29, 0.717) is 18.2 Å². The summed E-state index contributed by atoms with van der Waals surface area (Å²) in [6.07, 6.45) is 3.47. The summed E-state index contributed by atoms with van der Waals surface area (Å²) < 4.78 is 11.3. The van der Waals surface area contributed by atoms with Crippen LogP contribution in [0, 0.1) is 6.92 Å². The molecule has 7 nitrogen and oxygen atoms in total. The quantitative estimate of drug-likeness (QED) is 0.573. The lowest BCUT2D eigenvalue weighted by Gasteiger charge is -2.26. The summed E-state index contributed by atoms with van der Waals surface area (Å²) in [4.78, 5) is 21.4. The molecule has 1 saturated heterocycles. The number of oxazole rings is 1. The molecule has 1 atom stereocenters. The lowest BCUT2D eigenvalue weighted by Crippen LogP contribution is -2.43. The van der Waals surface area contributed by atoms with Crippen molar-refractivity contribution in [2.45, 2.75) is 32.7 Å². The largest absolute Gasteiger partial charge is 0.496 e. The van der Waals surface area contributed by atoms with Crippen molar-refractivity contribution in [3.63, 3.8) is 0 Å². The number of nitrogens with one attached hydrogen (secondary N) is 1. The van der Waals surface area contributed by atoms with Gasteiger partial charge in [-0.1, -0.05) is 37.3 Å². The second-order valence-electron chi connectivity index (χ2n) is 8.28. The number of ether oxygens (including phenoxy) is 1. The van der Waals surface area contributed by atoms with Gasteiger partial charge < -0.3 is 24.3 Å². The molecule has 0 saturated carbocycles. The Morgan fingerprint density at radius 2 is 1.97 bits per heavy atom. The van der Waals surface area contributed by atoms with Crippen molar-refractivity contribution in [3.05, 3.63) is 66.2 Å². The fourth-order valence-electron chi connectivity index (χ4n) is 4.29. The van der Waals surface area contributed by atoms with E-state index in [2.05, 4.69) is 40.3 Å². The Bertz CT molecular complexity index is 1070. The molecule has 2 heterocycles. The van der Waals surface area contributed by atoms with Crippen LogP contribution in [0.25, 0.3) is 11.3 Å². The third kappa shape index (κ3) is 5.30. The maximum atomic E-state index is 13.0. The van der Waals surface area contributed by atoms with Crippen molar-refractivity contribution < 1.29 is 13.9 Å². The Hall–Kier alpha value is -3.48. The van der Waals surface area contributed by atoms with Crippen LogP contribution in [-0.2, 0) is 0 Å². The van der Waals surface area contributed by atoms with Gasteiger partial charge >= 0.3 is 6.03 Å². The van der Waals surface area contributed by atoms with Crippen molar-refractivity contribution in [2.24, 2.45) is 0 Å². The highest BCUT2D eigenvalue weighted by Gasteiger charge is 2.22. The van der Waals surface area contributed by atoms with Crippen LogP contribution < -0.4 is 15.0 Å². The molecule has 174 valence electrons. The van der Waals surface area contributed by atoms with Crippen molar-refractivity contribution in [3.8, 4) is 17.1 Å². The Morgan fingerprint density at radius 1 is 1.15 bits per heavy atom. The number of benzene rings is 2. The number of urea groups is 1. The first kappa shape index (κ1) is 22.7. The van der Waals surface area contributed by atoms with Crippen molar-refractivity contribution in [1.29, 1.82) is 0 Å². The molecule has 0 aliphatic carbocycles. The molecule has 1 aromatic heterocycles. The monoisotopic (exact) mass is 448 g/mol. The highest BCUT2D eigenvalue weighted by molar-refractivity contribution is 5.75. The molecule has 0 radical (unpaired) electrons. The molecule has 2 amide bonds. The van der Waals surface area contributed by atoms with Crippen LogP contribution in [0.5, 0.6) is 5.75 Å². The number of hydrogen-bond acceptors (Lipinski definition) is 5. The second-order valence-corrected chi connectivity index (χ2v) is 8.28. The fourth-order valence-corrected chi connectivity index (χ4v) is 4.29. The van der Waals surface area contributed by atoms with E-state index in [-0.39, 0.29) is 12.1 Å². The third-order valence-electron chi connectivity index (χ3n) is 6.13. The molecule has 3 aromatic rings. The van der Waals surface area contributed by atoms with Crippen LogP contribution in [0.3, 0.4) is 0 Å². The number of carbonyl (C=O) groups is 1. The molecule has 0 bridgehead atoms. The normalized spacial score (nSPS) is 15.1. The first-order valence-electron chi connectivity index (χ1n) is 11.5. The van der Waals surface area contributed by atoms with Crippen LogP contribution in [0.2, 0.25) is 0 Å². The predicted octanol–water partition coefficient (Wildman–Crippen LogP) is 5.03. The Morgan fingerprint density at radius 3 is 2.67 bits per heavy atom. The Balaban J connectivity index is 1.42. The molecule has 1 N–H and O–H groups in total. The highest BCUT2D eigenvalue weighted by Crippen LogP contribution is 2.34. The van der Waals surface area contributed by atoms with Crippen LogP contribution >= 0.6 is 0 Å². The number of amides is 2. The summed E-state index contributed by atoms with van der Waals surface area (Å²) in [5, 5.41) is 3.21. The molecule has 7 heteroatoms. The maximum Gasteiger partial charge on any atom is 0.317 e. The average Bonchev–Trinajstić information content (AvgIpc) is 3.13. The lowest BCUT2D eigenvalue weighted by molar-refractivity contribution is 0.197. The summed E-state index contributed by atoms with van der Waals surface area (Å²) in [6.45, 7) is 6.97. The van der Waals surface area contributed by atoms with E-state index in [9.17, 15) is 4.79 Å². The van der Waals surface area contributed by atoms with Gasteiger partial charge in [-0.2, -0.15) is 0 Å².